The molecule has 0 aliphatic heterocycles. The number of carbonyl (C=O) groups is 1. The van der Waals surface area contributed by atoms with Gasteiger partial charge >= 0.3 is 0 Å². The van der Waals surface area contributed by atoms with Crippen LogP contribution in [-0.2, 0) is 4.79 Å². The summed E-state index contributed by atoms with van der Waals surface area (Å²) in [7, 11) is 0. The predicted molar refractivity (Wildman–Crippen MR) is 113 cm³/mol. The fraction of sp³-hybridized carbons (Fsp3) is 0.905. The van der Waals surface area contributed by atoms with Crippen LogP contribution in [0.25, 0.3) is 0 Å². The highest BCUT2D eigenvalue weighted by Crippen LogP contribution is 2.19. The van der Waals surface area contributed by atoms with Gasteiger partial charge in [-0.2, -0.15) is 0 Å². The third kappa shape index (κ3) is 17.6. The maximum absolute atomic E-state index is 11.6. The fourth-order valence-corrected chi connectivity index (χ4v) is 3.37. The topological polar surface area (TPSA) is 107 Å². The molecule has 1 unspecified atom stereocenters. The van der Waals surface area contributed by atoms with E-state index in [0.717, 1.165) is 44.9 Å². The van der Waals surface area contributed by atoms with Gasteiger partial charge in [-0.15, -0.1) is 0 Å². The highest BCUT2D eigenvalue weighted by Gasteiger charge is 2.14. The van der Waals surface area contributed by atoms with Crippen molar-refractivity contribution >= 4 is 11.9 Å². The number of primary amides is 1. The van der Waals surface area contributed by atoms with Gasteiger partial charge in [0.05, 0.1) is 0 Å². The van der Waals surface area contributed by atoms with Crippen molar-refractivity contribution in [2.75, 3.05) is 6.54 Å². The van der Waals surface area contributed by atoms with Gasteiger partial charge in [0.2, 0.25) is 5.91 Å². The molecule has 0 aromatic carbocycles. The Balaban J connectivity index is 3.53. The monoisotopic (exact) mass is 368 g/mol. The molecule has 0 heterocycles. The number of hydrogen-bond acceptors (Lipinski definition) is 2. The number of unbranched alkanes of at least 4 members (excludes halogenated alkanes) is 12. The van der Waals surface area contributed by atoms with Crippen molar-refractivity contribution in [2.45, 2.75) is 110 Å². The number of rotatable bonds is 19. The molecule has 6 N–H and O–H groups in total. The number of carbonyl (C=O) groups excluding carboxylic acids is 1. The third-order valence-electron chi connectivity index (χ3n) is 5.06. The van der Waals surface area contributed by atoms with E-state index >= 15 is 0 Å². The molecule has 0 aromatic rings. The average Bonchev–Trinajstić information content (AvgIpc) is 2.60. The van der Waals surface area contributed by atoms with Gasteiger partial charge in [-0.05, 0) is 19.3 Å². The number of aliphatic imine (C=N–C) groups is 1. The molecule has 0 aliphatic carbocycles. The summed E-state index contributed by atoms with van der Waals surface area (Å²) in [5.41, 5.74) is 16.2. The summed E-state index contributed by atoms with van der Waals surface area (Å²) in [5.74, 6) is 0.0958. The first kappa shape index (κ1) is 24.7. The van der Waals surface area contributed by atoms with Crippen LogP contribution in [0.4, 0.5) is 0 Å². The first-order valence-electron chi connectivity index (χ1n) is 10.9. The van der Waals surface area contributed by atoms with Gasteiger partial charge in [0.25, 0.3) is 0 Å². The van der Waals surface area contributed by atoms with Gasteiger partial charge in [0.15, 0.2) is 5.96 Å². The number of guanidine groups is 1. The van der Waals surface area contributed by atoms with E-state index in [1.165, 1.54) is 57.8 Å². The summed E-state index contributed by atoms with van der Waals surface area (Å²) in [6.45, 7) is 2.95. The van der Waals surface area contributed by atoms with Crippen molar-refractivity contribution in [3.05, 3.63) is 0 Å². The molecule has 5 nitrogen and oxygen atoms in total. The SMILES string of the molecule is CCCCCCCCCCCCC(CCCCCCN=C(N)N)C(N)=O. The molecule has 0 saturated carbocycles. The fourth-order valence-electron chi connectivity index (χ4n) is 3.37. The van der Waals surface area contributed by atoms with Crippen molar-refractivity contribution in [3.8, 4) is 0 Å². The lowest BCUT2D eigenvalue weighted by molar-refractivity contribution is -0.122. The van der Waals surface area contributed by atoms with Gasteiger partial charge in [-0.3, -0.25) is 9.79 Å². The van der Waals surface area contributed by atoms with E-state index in [0.29, 0.717) is 6.54 Å². The number of nitrogens with zero attached hydrogens (tertiary/aromatic N) is 1. The van der Waals surface area contributed by atoms with E-state index in [2.05, 4.69) is 11.9 Å². The summed E-state index contributed by atoms with van der Waals surface area (Å²) in [5, 5.41) is 0. The van der Waals surface area contributed by atoms with Crippen LogP contribution >= 0.6 is 0 Å². The Morgan fingerprint density at radius 3 is 1.54 bits per heavy atom. The third-order valence-corrected chi connectivity index (χ3v) is 5.06. The van der Waals surface area contributed by atoms with Crippen molar-refractivity contribution < 1.29 is 4.79 Å². The zero-order valence-corrected chi connectivity index (χ0v) is 17.2. The highest BCUT2D eigenvalue weighted by atomic mass is 16.1. The molecule has 0 radical (unpaired) electrons. The molecule has 0 bridgehead atoms. The van der Waals surface area contributed by atoms with Gasteiger partial charge in [-0.1, -0.05) is 90.4 Å². The smallest absolute Gasteiger partial charge is 0.220 e. The van der Waals surface area contributed by atoms with E-state index in [-0.39, 0.29) is 17.8 Å². The number of hydrogen-bond donors (Lipinski definition) is 3. The van der Waals surface area contributed by atoms with Crippen molar-refractivity contribution in [1.82, 2.24) is 0 Å². The Kier molecular flexibility index (Phi) is 17.6. The van der Waals surface area contributed by atoms with E-state index in [1.807, 2.05) is 0 Å². The van der Waals surface area contributed by atoms with Gasteiger partial charge in [0.1, 0.15) is 0 Å². The van der Waals surface area contributed by atoms with E-state index in [9.17, 15) is 4.79 Å². The lowest BCUT2D eigenvalue weighted by atomic mass is 9.93. The molecule has 5 heteroatoms. The van der Waals surface area contributed by atoms with E-state index < -0.39 is 0 Å². The minimum atomic E-state index is -0.124. The molecular weight excluding hydrogens is 324 g/mol. The molecule has 154 valence electrons. The van der Waals surface area contributed by atoms with Gasteiger partial charge in [-0.25, -0.2) is 0 Å². The maximum atomic E-state index is 11.6. The summed E-state index contributed by atoms with van der Waals surface area (Å²) < 4.78 is 0. The first-order valence-corrected chi connectivity index (χ1v) is 10.9. The Bertz CT molecular complexity index is 354. The van der Waals surface area contributed by atoms with Crippen LogP contribution in [0.5, 0.6) is 0 Å². The number of amides is 1. The second-order valence-electron chi connectivity index (χ2n) is 7.58. The summed E-state index contributed by atoms with van der Waals surface area (Å²) in [6.07, 6.45) is 19.4. The average molecular weight is 369 g/mol. The van der Waals surface area contributed by atoms with Crippen LogP contribution in [0.3, 0.4) is 0 Å². The van der Waals surface area contributed by atoms with E-state index in [1.54, 1.807) is 0 Å². The second kappa shape index (κ2) is 18.5. The van der Waals surface area contributed by atoms with Crippen LogP contribution in [-0.4, -0.2) is 18.4 Å². The summed E-state index contributed by atoms with van der Waals surface area (Å²) in [4.78, 5) is 15.6. The van der Waals surface area contributed by atoms with Crippen LogP contribution in [0.15, 0.2) is 4.99 Å². The maximum Gasteiger partial charge on any atom is 0.220 e. The van der Waals surface area contributed by atoms with Crippen molar-refractivity contribution in [1.29, 1.82) is 0 Å². The quantitative estimate of drug-likeness (QED) is 0.176. The lowest BCUT2D eigenvalue weighted by Gasteiger charge is -2.13. The molecule has 1 amide bonds. The van der Waals surface area contributed by atoms with Crippen molar-refractivity contribution in [2.24, 2.45) is 28.1 Å². The minimum Gasteiger partial charge on any atom is -0.370 e. The van der Waals surface area contributed by atoms with Crippen LogP contribution in [0.1, 0.15) is 110 Å². The Labute approximate surface area is 161 Å². The number of nitrogens with two attached hydrogens (primary N) is 3. The predicted octanol–water partition coefficient (Wildman–Crippen LogP) is 4.62. The standard InChI is InChI=1S/C21H44N4O/c1-2-3-4-5-6-7-8-9-10-13-16-19(20(22)26)17-14-11-12-15-18-25-21(23)24/h19H,2-18H2,1H3,(H2,22,26)(H4,23,24,25). The Hall–Kier alpha value is -1.26. The largest absolute Gasteiger partial charge is 0.370 e. The molecule has 0 fully saturated rings. The first-order chi connectivity index (χ1) is 12.6. The van der Waals surface area contributed by atoms with Crippen LogP contribution in [0, 0.1) is 5.92 Å². The zero-order valence-electron chi connectivity index (χ0n) is 17.2. The molecule has 26 heavy (non-hydrogen) atoms. The highest BCUT2D eigenvalue weighted by molar-refractivity contribution is 5.76. The molecule has 0 spiro atoms. The molecule has 0 saturated heterocycles. The normalized spacial score (nSPS) is 12.0. The molecular formula is C21H44N4O. The van der Waals surface area contributed by atoms with Crippen LogP contribution < -0.4 is 17.2 Å². The second-order valence-corrected chi connectivity index (χ2v) is 7.58. The molecule has 0 rings (SSSR count). The minimum absolute atomic E-state index is 0.0572. The van der Waals surface area contributed by atoms with Crippen LogP contribution in [0.2, 0.25) is 0 Å². The summed E-state index contributed by atoms with van der Waals surface area (Å²) >= 11 is 0. The van der Waals surface area contributed by atoms with Gasteiger partial charge in [0, 0.05) is 12.5 Å². The van der Waals surface area contributed by atoms with E-state index in [4.69, 9.17) is 17.2 Å². The molecule has 0 aliphatic rings. The Morgan fingerprint density at radius 1 is 0.692 bits per heavy atom. The molecule has 0 aromatic heterocycles. The lowest BCUT2D eigenvalue weighted by Crippen LogP contribution is -2.23. The zero-order chi connectivity index (χ0) is 19.5. The van der Waals surface area contributed by atoms with Gasteiger partial charge < -0.3 is 17.2 Å². The summed E-state index contributed by atoms with van der Waals surface area (Å²) in [6, 6.07) is 0. The Morgan fingerprint density at radius 2 is 1.12 bits per heavy atom. The molecule has 1 atom stereocenters. The van der Waals surface area contributed by atoms with Crippen molar-refractivity contribution in [3.63, 3.8) is 0 Å².